The van der Waals surface area contributed by atoms with Crippen LogP contribution >= 0.6 is 0 Å². The fourth-order valence-electron chi connectivity index (χ4n) is 1.96. The van der Waals surface area contributed by atoms with Gasteiger partial charge in [0.1, 0.15) is 6.61 Å². The van der Waals surface area contributed by atoms with Crippen molar-refractivity contribution in [2.24, 2.45) is 0 Å². The van der Waals surface area contributed by atoms with Crippen molar-refractivity contribution in [1.82, 2.24) is 4.90 Å². The lowest BCUT2D eigenvalue weighted by Crippen LogP contribution is -2.40. The summed E-state index contributed by atoms with van der Waals surface area (Å²) in [7, 11) is 1.34. The van der Waals surface area contributed by atoms with Crippen molar-refractivity contribution in [2.75, 3.05) is 40.0 Å². The number of nitrogens with zero attached hydrogens (tertiary/aromatic N) is 1. The van der Waals surface area contributed by atoms with E-state index in [9.17, 15) is 9.59 Å². The summed E-state index contributed by atoms with van der Waals surface area (Å²) in [6.45, 7) is 3.99. The Labute approximate surface area is 114 Å². The molecule has 6 nitrogen and oxygen atoms in total. The SMILES string of the molecule is CCOCC(=O)N(CCC(=O)OC)CC1CCCO1. The minimum absolute atomic E-state index is 0.0460. The summed E-state index contributed by atoms with van der Waals surface area (Å²) in [6, 6.07) is 0. The molecule has 110 valence electrons. The number of hydrogen-bond donors (Lipinski definition) is 0. The lowest BCUT2D eigenvalue weighted by atomic mass is 10.2. The molecule has 1 atom stereocenters. The second-order valence-electron chi connectivity index (χ2n) is 4.44. The molecule has 1 unspecified atom stereocenters. The number of esters is 1. The lowest BCUT2D eigenvalue weighted by molar-refractivity contribution is -0.143. The second kappa shape index (κ2) is 8.87. The third kappa shape index (κ3) is 6.02. The van der Waals surface area contributed by atoms with Crippen LogP contribution in [0, 0.1) is 0 Å². The van der Waals surface area contributed by atoms with E-state index in [-0.39, 0.29) is 31.0 Å². The van der Waals surface area contributed by atoms with Crippen molar-refractivity contribution >= 4 is 11.9 Å². The van der Waals surface area contributed by atoms with Crippen LogP contribution in [0.4, 0.5) is 0 Å². The van der Waals surface area contributed by atoms with E-state index in [0.29, 0.717) is 19.7 Å². The van der Waals surface area contributed by atoms with Crippen LogP contribution in [0.3, 0.4) is 0 Å². The Balaban J connectivity index is 2.45. The molecule has 1 fully saturated rings. The van der Waals surface area contributed by atoms with Gasteiger partial charge in [0, 0.05) is 26.3 Å². The number of amides is 1. The van der Waals surface area contributed by atoms with Gasteiger partial charge in [-0.25, -0.2) is 0 Å². The Kier molecular flexibility index (Phi) is 7.43. The molecule has 0 saturated carbocycles. The zero-order valence-electron chi connectivity index (χ0n) is 11.7. The summed E-state index contributed by atoms with van der Waals surface area (Å²) >= 11 is 0. The van der Waals surface area contributed by atoms with E-state index in [4.69, 9.17) is 9.47 Å². The Hall–Kier alpha value is -1.14. The molecule has 1 amide bonds. The van der Waals surface area contributed by atoms with Crippen LogP contribution < -0.4 is 0 Å². The molecular formula is C13H23NO5. The van der Waals surface area contributed by atoms with Gasteiger partial charge in [0.05, 0.1) is 19.6 Å². The molecule has 1 heterocycles. The zero-order chi connectivity index (χ0) is 14.1. The predicted octanol–water partition coefficient (Wildman–Crippen LogP) is 0.594. The molecule has 0 aliphatic carbocycles. The number of hydrogen-bond acceptors (Lipinski definition) is 5. The monoisotopic (exact) mass is 273 g/mol. The van der Waals surface area contributed by atoms with E-state index in [1.165, 1.54) is 7.11 Å². The van der Waals surface area contributed by atoms with Gasteiger partial charge in [0.25, 0.3) is 0 Å². The van der Waals surface area contributed by atoms with E-state index >= 15 is 0 Å². The summed E-state index contributed by atoms with van der Waals surface area (Å²) < 4.78 is 15.2. The van der Waals surface area contributed by atoms with E-state index in [2.05, 4.69) is 4.74 Å². The van der Waals surface area contributed by atoms with Crippen LogP contribution in [-0.2, 0) is 23.8 Å². The molecule has 0 aromatic rings. The molecular weight excluding hydrogens is 250 g/mol. The maximum atomic E-state index is 12.0. The largest absolute Gasteiger partial charge is 0.469 e. The van der Waals surface area contributed by atoms with Crippen LogP contribution in [0.1, 0.15) is 26.2 Å². The van der Waals surface area contributed by atoms with Gasteiger partial charge in [0.2, 0.25) is 5.91 Å². The molecule has 0 aromatic carbocycles. The van der Waals surface area contributed by atoms with Crippen molar-refractivity contribution in [3.8, 4) is 0 Å². The van der Waals surface area contributed by atoms with Crippen molar-refractivity contribution in [2.45, 2.75) is 32.3 Å². The minimum Gasteiger partial charge on any atom is -0.469 e. The molecule has 0 spiro atoms. The molecule has 1 rings (SSSR count). The van der Waals surface area contributed by atoms with Crippen LogP contribution in [0.25, 0.3) is 0 Å². The van der Waals surface area contributed by atoms with Gasteiger partial charge in [-0.05, 0) is 19.8 Å². The topological polar surface area (TPSA) is 65.1 Å². The predicted molar refractivity (Wildman–Crippen MR) is 68.7 cm³/mol. The maximum absolute atomic E-state index is 12.0. The molecule has 1 saturated heterocycles. The molecule has 0 bridgehead atoms. The number of carbonyl (C=O) groups is 2. The molecule has 0 aromatic heterocycles. The Morgan fingerprint density at radius 3 is 2.79 bits per heavy atom. The molecule has 0 N–H and O–H groups in total. The van der Waals surface area contributed by atoms with Gasteiger partial charge in [-0.15, -0.1) is 0 Å². The van der Waals surface area contributed by atoms with Gasteiger partial charge in [-0.2, -0.15) is 0 Å². The van der Waals surface area contributed by atoms with Gasteiger partial charge in [-0.3, -0.25) is 9.59 Å². The zero-order valence-corrected chi connectivity index (χ0v) is 11.7. The number of methoxy groups -OCH3 is 1. The lowest BCUT2D eigenvalue weighted by Gasteiger charge is -2.25. The first-order valence-electron chi connectivity index (χ1n) is 6.71. The normalized spacial score (nSPS) is 18.3. The molecule has 0 radical (unpaired) electrons. The molecule has 1 aliphatic rings. The van der Waals surface area contributed by atoms with Crippen LogP contribution in [-0.4, -0.2) is 62.9 Å². The van der Waals surface area contributed by atoms with Gasteiger partial charge in [-0.1, -0.05) is 0 Å². The van der Waals surface area contributed by atoms with Crippen molar-refractivity contribution < 1.29 is 23.8 Å². The fraction of sp³-hybridized carbons (Fsp3) is 0.846. The Morgan fingerprint density at radius 2 is 2.21 bits per heavy atom. The van der Waals surface area contributed by atoms with E-state index in [1.54, 1.807) is 4.90 Å². The summed E-state index contributed by atoms with van der Waals surface area (Å²) in [5.41, 5.74) is 0. The highest BCUT2D eigenvalue weighted by Gasteiger charge is 2.23. The maximum Gasteiger partial charge on any atom is 0.307 e. The smallest absolute Gasteiger partial charge is 0.307 e. The Bertz CT molecular complexity index is 289. The summed E-state index contributed by atoms with van der Waals surface area (Å²) in [4.78, 5) is 24.8. The highest BCUT2D eigenvalue weighted by atomic mass is 16.5. The average molecular weight is 273 g/mol. The first-order valence-corrected chi connectivity index (χ1v) is 6.71. The van der Waals surface area contributed by atoms with Gasteiger partial charge >= 0.3 is 5.97 Å². The summed E-state index contributed by atoms with van der Waals surface area (Å²) in [5, 5.41) is 0. The van der Waals surface area contributed by atoms with Crippen LogP contribution in [0.2, 0.25) is 0 Å². The molecule has 6 heteroatoms. The highest BCUT2D eigenvalue weighted by molar-refractivity contribution is 5.78. The van der Waals surface area contributed by atoms with E-state index < -0.39 is 0 Å². The number of carbonyl (C=O) groups excluding carboxylic acids is 2. The quantitative estimate of drug-likeness (QED) is 0.606. The highest BCUT2D eigenvalue weighted by Crippen LogP contribution is 2.13. The van der Waals surface area contributed by atoms with Gasteiger partial charge < -0.3 is 19.1 Å². The van der Waals surface area contributed by atoms with Crippen LogP contribution in [0.15, 0.2) is 0 Å². The van der Waals surface area contributed by atoms with Crippen molar-refractivity contribution in [1.29, 1.82) is 0 Å². The second-order valence-corrected chi connectivity index (χ2v) is 4.44. The minimum atomic E-state index is -0.318. The van der Waals surface area contributed by atoms with E-state index in [0.717, 1.165) is 19.4 Å². The third-order valence-corrected chi connectivity index (χ3v) is 3.04. The van der Waals surface area contributed by atoms with E-state index in [1.807, 2.05) is 6.92 Å². The summed E-state index contributed by atoms with van der Waals surface area (Å²) in [5.74, 6) is -0.428. The van der Waals surface area contributed by atoms with Crippen LogP contribution in [0.5, 0.6) is 0 Å². The molecule has 1 aliphatic heterocycles. The van der Waals surface area contributed by atoms with Crippen molar-refractivity contribution in [3.05, 3.63) is 0 Å². The summed E-state index contributed by atoms with van der Waals surface area (Å²) in [6.07, 6.45) is 2.25. The first kappa shape index (κ1) is 15.9. The fourth-order valence-corrected chi connectivity index (χ4v) is 1.96. The number of rotatable bonds is 8. The third-order valence-electron chi connectivity index (χ3n) is 3.04. The van der Waals surface area contributed by atoms with Gasteiger partial charge in [0.15, 0.2) is 0 Å². The van der Waals surface area contributed by atoms with Crippen molar-refractivity contribution in [3.63, 3.8) is 0 Å². The number of ether oxygens (including phenoxy) is 3. The molecule has 19 heavy (non-hydrogen) atoms. The Morgan fingerprint density at radius 1 is 1.42 bits per heavy atom. The standard InChI is InChI=1S/C13H23NO5/c1-3-18-10-12(15)14(7-6-13(16)17-2)9-11-5-4-8-19-11/h11H,3-10H2,1-2H3. The average Bonchev–Trinajstić information content (AvgIpc) is 2.93. The first-order chi connectivity index (χ1) is 9.17.